The van der Waals surface area contributed by atoms with Crippen LogP contribution in [-0.4, -0.2) is 47.0 Å². The van der Waals surface area contributed by atoms with E-state index in [1.165, 1.54) is 44.6 Å². The van der Waals surface area contributed by atoms with E-state index in [1.807, 2.05) is 0 Å². The van der Waals surface area contributed by atoms with Gasteiger partial charge in [0.2, 0.25) is 5.91 Å². The summed E-state index contributed by atoms with van der Waals surface area (Å²) in [6.45, 7) is -0.562. The highest BCUT2D eigenvalue weighted by Gasteiger charge is 2.27. The van der Waals surface area contributed by atoms with Gasteiger partial charge in [-0.25, -0.2) is 18.0 Å². The van der Waals surface area contributed by atoms with Gasteiger partial charge >= 0.3 is 11.9 Å². The van der Waals surface area contributed by atoms with Gasteiger partial charge in [0.1, 0.15) is 6.54 Å². The molecule has 11 heteroatoms. The maximum atomic E-state index is 13.4. The molecule has 0 saturated carbocycles. The van der Waals surface area contributed by atoms with Gasteiger partial charge in [0.15, 0.2) is 0 Å². The Balaban J connectivity index is 1.96. The van der Waals surface area contributed by atoms with E-state index in [1.54, 1.807) is 42.5 Å². The van der Waals surface area contributed by atoms with Crippen molar-refractivity contribution in [1.82, 2.24) is 0 Å². The van der Waals surface area contributed by atoms with E-state index in [0.29, 0.717) is 5.69 Å². The number of ether oxygens (including phenoxy) is 2. The third kappa shape index (κ3) is 6.36. The molecule has 0 aliphatic rings. The number of anilines is 2. The summed E-state index contributed by atoms with van der Waals surface area (Å²) in [5, 5.41) is 2.55. The molecular formula is C24H21IN2O7S. The van der Waals surface area contributed by atoms with Gasteiger partial charge < -0.3 is 14.8 Å². The first-order valence-corrected chi connectivity index (χ1v) is 12.6. The average molecular weight is 608 g/mol. The van der Waals surface area contributed by atoms with Crippen LogP contribution < -0.4 is 9.62 Å². The summed E-state index contributed by atoms with van der Waals surface area (Å²) in [6, 6.07) is 18.3. The zero-order valence-electron chi connectivity index (χ0n) is 18.7. The molecule has 0 bridgehead atoms. The summed E-state index contributed by atoms with van der Waals surface area (Å²) in [4.78, 5) is 37.0. The number of nitrogens with one attached hydrogen (secondary N) is 1. The van der Waals surface area contributed by atoms with Crippen LogP contribution in [-0.2, 0) is 24.3 Å². The number of rotatable bonds is 8. The number of nitrogens with zero attached hydrogens (tertiary/aromatic N) is 1. The second kappa shape index (κ2) is 11.3. The van der Waals surface area contributed by atoms with E-state index < -0.39 is 34.4 Å². The van der Waals surface area contributed by atoms with Crippen molar-refractivity contribution < 1.29 is 32.3 Å². The Morgan fingerprint density at radius 1 is 0.857 bits per heavy atom. The molecule has 0 aliphatic heterocycles. The van der Waals surface area contributed by atoms with E-state index in [0.717, 1.165) is 7.88 Å². The number of hydrogen-bond donors (Lipinski definition) is 1. The molecule has 0 aliphatic carbocycles. The first-order valence-electron chi connectivity index (χ1n) is 10.1. The topological polar surface area (TPSA) is 119 Å². The zero-order valence-corrected chi connectivity index (χ0v) is 21.7. The molecule has 35 heavy (non-hydrogen) atoms. The van der Waals surface area contributed by atoms with E-state index >= 15 is 0 Å². The van der Waals surface area contributed by atoms with E-state index in [9.17, 15) is 22.8 Å². The summed E-state index contributed by atoms with van der Waals surface area (Å²) >= 11 is 2.09. The molecule has 1 N–H and O–H groups in total. The van der Waals surface area contributed by atoms with Crippen molar-refractivity contribution >= 4 is 61.8 Å². The molecule has 0 spiro atoms. The molecule has 0 saturated heterocycles. The van der Waals surface area contributed by atoms with Crippen molar-refractivity contribution in [2.24, 2.45) is 0 Å². The molecule has 0 aromatic heterocycles. The molecule has 3 rings (SSSR count). The van der Waals surface area contributed by atoms with Gasteiger partial charge in [-0.05, 0) is 77.2 Å². The largest absolute Gasteiger partial charge is 0.465 e. The molecule has 0 atom stereocenters. The predicted octanol–water partition coefficient (Wildman–Crippen LogP) is 3.70. The van der Waals surface area contributed by atoms with Crippen LogP contribution in [0.3, 0.4) is 0 Å². The number of methoxy groups -OCH3 is 2. The van der Waals surface area contributed by atoms with Crippen molar-refractivity contribution in [1.29, 1.82) is 0 Å². The lowest BCUT2D eigenvalue weighted by atomic mass is 10.1. The number of carbonyl (C=O) groups is 3. The Morgan fingerprint density at radius 3 is 1.91 bits per heavy atom. The highest BCUT2D eigenvalue weighted by atomic mass is 127. The van der Waals surface area contributed by atoms with Crippen LogP contribution >= 0.6 is 22.6 Å². The summed E-state index contributed by atoms with van der Waals surface area (Å²) in [5.41, 5.74) is 0.412. The second-order valence-electron chi connectivity index (χ2n) is 7.13. The molecule has 3 aromatic rings. The number of amides is 1. The minimum atomic E-state index is -4.08. The second-order valence-corrected chi connectivity index (χ2v) is 10.2. The number of benzene rings is 3. The number of carbonyl (C=O) groups excluding carboxylic acids is 3. The minimum absolute atomic E-state index is 0.0112. The summed E-state index contributed by atoms with van der Waals surface area (Å²) in [5.74, 6) is -2.14. The Hall–Kier alpha value is -3.45. The first kappa shape index (κ1) is 26.2. The van der Waals surface area contributed by atoms with Crippen LogP contribution in [0.15, 0.2) is 77.7 Å². The van der Waals surface area contributed by atoms with E-state index in [2.05, 4.69) is 27.9 Å². The molecular weight excluding hydrogens is 587 g/mol. The fourth-order valence-corrected chi connectivity index (χ4v) is 4.95. The number of hydrogen-bond acceptors (Lipinski definition) is 7. The molecule has 0 unspecified atom stereocenters. The number of esters is 2. The highest BCUT2D eigenvalue weighted by molar-refractivity contribution is 14.1. The van der Waals surface area contributed by atoms with Crippen molar-refractivity contribution in [3.05, 3.63) is 87.5 Å². The van der Waals surface area contributed by atoms with Crippen LogP contribution in [0.4, 0.5) is 11.4 Å². The summed E-state index contributed by atoms with van der Waals surface area (Å²) in [6.07, 6.45) is 0. The number of halogens is 1. The molecule has 182 valence electrons. The minimum Gasteiger partial charge on any atom is -0.465 e. The molecule has 9 nitrogen and oxygen atoms in total. The maximum Gasteiger partial charge on any atom is 0.337 e. The lowest BCUT2D eigenvalue weighted by Crippen LogP contribution is -2.38. The van der Waals surface area contributed by atoms with Crippen LogP contribution in [0.2, 0.25) is 0 Å². The van der Waals surface area contributed by atoms with Crippen LogP contribution in [0.25, 0.3) is 0 Å². The van der Waals surface area contributed by atoms with Crippen LogP contribution in [0, 0.1) is 3.57 Å². The molecule has 0 heterocycles. The van der Waals surface area contributed by atoms with E-state index in [-0.39, 0.29) is 21.7 Å². The van der Waals surface area contributed by atoms with Gasteiger partial charge in [0.05, 0.1) is 35.9 Å². The first-order chi connectivity index (χ1) is 16.6. The Morgan fingerprint density at radius 2 is 1.40 bits per heavy atom. The Bertz CT molecular complexity index is 1310. The van der Waals surface area contributed by atoms with E-state index in [4.69, 9.17) is 9.47 Å². The lowest BCUT2D eigenvalue weighted by Gasteiger charge is -2.24. The molecule has 0 fully saturated rings. The third-order valence-electron chi connectivity index (χ3n) is 4.79. The average Bonchev–Trinajstić information content (AvgIpc) is 2.87. The maximum absolute atomic E-state index is 13.4. The van der Waals surface area contributed by atoms with Crippen molar-refractivity contribution in [3.8, 4) is 0 Å². The van der Waals surface area contributed by atoms with Gasteiger partial charge in [0.25, 0.3) is 10.0 Å². The third-order valence-corrected chi connectivity index (χ3v) is 7.30. The zero-order chi connectivity index (χ0) is 25.6. The summed E-state index contributed by atoms with van der Waals surface area (Å²) in [7, 11) is -1.72. The van der Waals surface area contributed by atoms with Crippen LogP contribution in [0.5, 0.6) is 0 Å². The van der Waals surface area contributed by atoms with Crippen LogP contribution in [0.1, 0.15) is 20.7 Å². The monoisotopic (exact) mass is 608 g/mol. The number of sulfonamides is 1. The smallest absolute Gasteiger partial charge is 0.337 e. The Kier molecular flexibility index (Phi) is 8.46. The molecule has 3 aromatic carbocycles. The molecule has 1 amide bonds. The Labute approximate surface area is 216 Å². The standard InChI is InChI=1S/C24H21IN2O7S/c1-33-23(29)16-12-17(24(30)34-2)14-19(13-16)26-22(28)15-27(20-10-8-18(25)9-11-20)35(31,32)21-6-4-3-5-7-21/h3-14H,15H2,1-2H3,(H,26,28). The SMILES string of the molecule is COC(=O)c1cc(NC(=O)CN(c2ccc(I)cc2)S(=O)(=O)c2ccccc2)cc(C(=O)OC)c1. The predicted molar refractivity (Wildman–Crippen MR) is 138 cm³/mol. The lowest BCUT2D eigenvalue weighted by molar-refractivity contribution is -0.114. The van der Waals surface area contributed by atoms with Gasteiger partial charge in [-0.15, -0.1) is 0 Å². The van der Waals surface area contributed by atoms with Crippen molar-refractivity contribution in [2.45, 2.75) is 4.90 Å². The van der Waals surface area contributed by atoms with Gasteiger partial charge in [-0.2, -0.15) is 0 Å². The fraction of sp³-hybridized carbons (Fsp3) is 0.125. The van der Waals surface area contributed by atoms with Gasteiger partial charge in [-0.3, -0.25) is 9.10 Å². The van der Waals surface area contributed by atoms with Crippen molar-refractivity contribution in [2.75, 3.05) is 30.4 Å². The summed E-state index contributed by atoms with van der Waals surface area (Å²) < 4.78 is 38.1. The fourth-order valence-electron chi connectivity index (χ4n) is 3.14. The highest BCUT2D eigenvalue weighted by Crippen LogP contribution is 2.25. The normalized spacial score (nSPS) is 10.8. The van der Waals surface area contributed by atoms with Gasteiger partial charge in [0, 0.05) is 9.26 Å². The molecule has 0 radical (unpaired) electrons. The van der Waals surface area contributed by atoms with Crippen molar-refractivity contribution in [3.63, 3.8) is 0 Å². The van der Waals surface area contributed by atoms with Gasteiger partial charge in [-0.1, -0.05) is 18.2 Å². The quantitative estimate of drug-likeness (QED) is 0.306.